The molecule has 0 bridgehead atoms. The molecule has 12 heteroatoms. The first-order valence-corrected chi connectivity index (χ1v) is 10.3. The molecule has 0 atom stereocenters. The fourth-order valence-corrected chi connectivity index (χ4v) is 4.95. The minimum Gasteiger partial charge on any atom is -0.478 e. The molecule has 2 heterocycles. The second-order valence-corrected chi connectivity index (χ2v) is 8.64. The van der Waals surface area contributed by atoms with Crippen LogP contribution in [0.3, 0.4) is 0 Å². The van der Waals surface area contributed by atoms with Gasteiger partial charge in [-0.05, 0) is 24.3 Å². The Hall–Kier alpha value is -2.54. The number of hydrogen-bond acceptors (Lipinski definition) is 8. The van der Waals surface area contributed by atoms with Gasteiger partial charge >= 0.3 is 5.97 Å². The minimum atomic E-state index is -3.90. The van der Waals surface area contributed by atoms with Gasteiger partial charge in [0.2, 0.25) is 10.0 Å². The van der Waals surface area contributed by atoms with Crippen molar-refractivity contribution in [2.24, 2.45) is 0 Å². The summed E-state index contributed by atoms with van der Waals surface area (Å²) in [5, 5.41) is 20.8. The predicted molar refractivity (Wildman–Crippen MR) is 98.0 cm³/mol. The average Bonchev–Trinajstić information content (AvgIpc) is 2.69. The fraction of sp³-hybridized carbons (Fsp3) is 0.250. The molecule has 0 saturated carbocycles. The number of pyridine rings is 1. The number of nitrogens with zero attached hydrogens (tertiary/aromatic N) is 3. The largest absolute Gasteiger partial charge is 0.478 e. The third-order valence-electron chi connectivity index (χ3n) is 3.94. The average molecular weight is 425 g/mol. The van der Waals surface area contributed by atoms with Gasteiger partial charge in [0.15, 0.2) is 0 Å². The molecule has 1 N–H and O–H groups in total. The van der Waals surface area contributed by atoms with Crippen LogP contribution in [0.25, 0.3) is 0 Å². The summed E-state index contributed by atoms with van der Waals surface area (Å²) in [6.45, 7) is 0.852. The summed E-state index contributed by atoms with van der Waals surface area (Å²) in [6.07, 6.45) is 1.37. The summed E-state index contributed by atoms with van der Waals surface area (Å²) in [4.78, 5) is 26.0. The number of nitro benzene ring substituents is 1. The number of aromatic nitrogens is 1. The highest BCUT2D eigenvalue weighted by molar-refractivity contribution is 7.99. The van der Waals surface area contributed by atoms with Gasteiger partial charge in [0.05, 0.1) is 33.5 Å². The third-order valence-corrected chi connectivity index (χ3v) is 6.92. The monoisotopic (exact) mass is 425 g/mol. The number of rotatable bonds is 6. The molecule has 2 aromatic rings. The lowest BCUT2D eigenvalue weighted by molar-refractivity contribution is -0.388. The van der Waals surface area contributed by atoms with Crippen molar-refractivity contribution < 1.29 is 28.0 Å². The maximum atomic E-state index is 12.7. The number of carbonyl (C=O) groups is 1. The summed E-state index contributed by atoms with van der Waals surface area (Å²) >= 11 is 0.790. The molecule has 1 fully saturated rings. The number of carboxylic acid groups (broad SMARTS) is 1. The van der Waals surface area contributed by atoms with Gasteiger partial charge in [0, 0.05) is 25.4 Å². The SMILES string of the molecule is O=C(O)c1cccnc1Sc1ccc(S(=O)(=O)N2CCOCC2)cc1[N+](=O)[O-]. The van der Waals surface area contributed by atoms with Crippen LogP contribution in [0.5, 0.6) is 0 Å². The minimum absolute atomic E-state index is 0.0712. The number of aromatic carboxylic acids is 1. The van der Waals surface area contributed by atoms with Crippen molar-refractivity contribution in [1.29, 1.82) is 0 Å². The Morgan fingerprint density at radius 1 is 1.29 bits per heavy atom. The fourth-order valence-electron chi connectivity index (χ4n) is 2.56. The smallest absolute Gasteiger partial charge is 0.338 e. The van der Waals surface area contributed by atoms with Crippen molar-refractivity contribution in [3.8, 4) is 0 Å². The number of hydrogen-bond donors (Lipinski definition) is 1. The molecule has 0 amide bonds. The maximum absolute atomic E-state index is 12.7. The number of ether oxygens (including phenoxy) is 1. The highest BCUT2D eigenvalue weighted by Crippen LogP contribution is 2.37. The Morgan fingerprint density at radius 2 is 2.00 bits per heavy atom. The second-order valence-electron chi connectivity index (χ2n) is 5.67. The number of morpholine rings is 1. The van der Waals surface area contributed by atoms with Gasteiger partial charge in [-0.1, -0.05) is 11.8 Å². The lowest BCUT2D eigenvalue weighted by Gasteiger charge is -2.26. The number of benzene rings is 1. The van der Waals surface area contributed by atoms with Crippen LogP contribution in [-0.4, -0.2) is 60.0 Å². The van der Waals surface area contributed by atoms with E-state index in [1.165, 1.54) is 34.8 Å². The highest BCUT2D eigenvalue weighted by Gasteiger charge is 2.29. The van der Waals surface area contributed by atoms with Crippen LogP contribution in [0.15, 0.2) is 51.3 Å². The van der Waals surface area contributed by atoms with E-state index < -0.39 is 26.6 Å². The summed E-state index contributed by atoms with van der Waals surface area (Å²) in [5.74, 6) is -1.22. The van der Waals surface area contributed by atoms with Gasteiger partial charge in [-0.15, -0.1) is 0 Å². The normalized spacial score (nSPS) is 15.3. The summed E-state index contributed by atoms with van der Waals surface area (Å²) < 4.78 is 31.8. The molecule has 0 spiro atoms. The zero-order valence-corrected chi connectivity index (χ0v) is 16.0. The molecule has 1 aliphatic rings. The third kappa shape index (κ3) is 4.14. The van der Waals surface area contributed by atoms with Crippen molar-refractivity contribution >= 4 is 33.4 Å². The zero-order valence-electron chi connectivity index (χ0n) is 14.3. The molecule has 3 rings (SSSR count). The highest BCUT2D eigenvalue weighted by atomic mass is 32.2. The van der Waals surface area contributed by atoms with Gasteiger partial charge in [0.25, 0.3) is 5.69 Å². The predicted octanol–water partition coefficient (Wildman–Crippen LogP) is 1.86. The Balaban J connectivity index is 1.99. The van der Waals surface area contributed by atoms with Crippen molar-refractivity contribution in [3.05, 3.63) is 52.2 Å². The van der Waals surface area contributed by atoms with Crippen LogP contribution < -0.4 is 0 Å². The van der Waals surface area contributed by atoms with Gasteiger partial charge in [-0.2, -0.15) is 4.31 Å². The molecule has 1 aromatic carbocycles. The molecule has 0 radical (unpaired) electrons. The first-order chi connectivity index (χ1) is 13.3. The topological polar surface area (TPSA) is 140 Å². The van der Waals surface area contributed by atoms with E-state index in [1.807, 2.05) is 0 Å². The molecular weight excluding hydrogens is 410 g/mol. The van der Waals surface area contributed by atoms with Crippen LogP contribution in [0.4, 0.5) is 5.69 Å². The molecule has 1 aliphatic heterocycles. The first kappa shape index (κ1) is 20.2. The molecule has 0 unspecified atom stereocenters. The quantitative estimate of drug-likeness (QED) is 0.542. The van der Waals surface area contributed by atoms with Crippen molar-refractivity contribution in [2.45, 2.75) is 14.8 Å². The van der Waals surface area contributed by atoms with E-state index in [0.717, 1.165) is 17.8 Å². The van der Waals surface area contributed by atoms with E-state index >= 15 is 0 Å². The van der Waals surface area contributed by atoms with E-state index in [1.54, 1.807) is 0 Å². The van der Waals surface area contributed by atoms with Crippen LogP contribution in [0.2, 0.25) is 0 Å². The number of nitro groups is 1. The Labute approximate surface area is 164 Å². The summed E-state index contributed by atoms with van der Waals surface area (Å²) in [5.41, 5.74) is -0.548. The second kappa shape index (κ2) is 8.22. The maximum Gasteiger partial charge on any atom is 0.338 e. The lowest BCUT2D eigenvalue weighted by Crippen LogP contribution is -2.40. The number of sulfonamides is 1. The first-order valence-electron chi connectivity index (χ1n) is 8.03. The summed E-state index contributed by atoms with van der Waals surface area (Å²) in [7, 11) is -3.90. The molecule has 1 saturated heterocycles. The van der Waals surface area contributed by atoms with Crippen LogP contribution in [-0.2, 0) is 14.8 Å². The van der Waals surface area contributed by atoms with Gasteiger partial charge in [0.1, 0.15) is 5.03 Å². The van der Waals surface area contributed by atoms with Crippen molar-refractivity contribution in [1.82, 2.24) is 9.29 Å². The lowest BCUT2D eigenvalue weighted by atomic mass is 10.3. The molecule has 28 heavy (non-hydrogen) atoms. The summed E-state index contributed by atoms with van der Waals surface area (Å²) in [6, 6.07) is 6.32. The molecule has 0 aliphatic carbocycles. The van der Waals surface area contributed by atoms with Crippen molar-refractivity contribution in [3.63, 3.8) is 0 Å². The van der Waals surface area contributed by atoms with Gasteiger partial charge in [-0.3, -0.25) is 10.1 Å². The van der Waals surface area contributed by atoms with Crippen LogP contribution in [0.1, 0.15) is 10.4 Å². The number of carboxylic acids is 1. The van der Waals surface area contributed by atoms with Crippen LogP contribution in [0, 0.1) is 10.1 Å². The Kier molecular flexibility index (Phi) is 5.93. The molecule has 10 nitrogen and oxygen atoms in total. The zero-order chi connectivity index (χ0) is 20.3. The Morgan fingerprint density at radius 3 is 2.64 bits per heavy atom. The van der Waals surface area contributed by atoms with Crippen molar-refractivity contribution in [2.75, 3.05) is 26.3 Å². The van der Waals surface area contributed by atoms with Crippen LogP contribution >= 0.6 is 11.8 Å². The van der Waals surface area contributed by atoms with Gasteiger partial charge in [-0.25, -0.2) is 18.2 Å². The molecular formula is C16H15N3O7S2. The van der Waals surface area contributed by atoms with E-state index in [0.29, 0.717) is 0 Å². The van der Waals surface area contributed by atoms with E-state index in [2.05, 4.69) is 4.98 Å². The standard InChI is InChI=1S/C16H15N3O7S2/c20-16(21)12-2-1-5-17-15(12)27-14-4-3-11(10-13(14)19(22)23)28(24,25)18-6-8-26-9-7-18/h1-5,10H,6-9H2,(H,20,21). The molecule has 148 valence electrons. The van der Waals surface area contributed by atoms with E-state index in [9.17, 15) is 28.4 Å². The van der Waals surface area contributed by atoms with E-state index in [-0.39, 0.29) is 46.7 Å². The van der Waals surface area contributed by atoms with E-state index in [4.69, 9.17) is 4.74 Å². The van der Waals surface area contributed by atoms with Gasteiger partial charge < -0.3 is 9.84 Å². The Bertz CT molecular complexity index is 1020. The molecule has 1 aromatic heterocycles.